The van der Waals surface area contributed by atoms with Crippen molar-refractivity contribution in [2.24, 2.45) is 5.73 Å². The van der Waals surface area contributed by atoms with Crippen molar-refractivity contribution in [3.63, 3.8) is 0 Å². The van der Waals surface area contributed by atoms with Crippen molar-refractivity contribution >= 4 is 10.9 Å². The van der Waals surface area contributed by atoms with Crippen LogP contribution in [0.1, 0.15) is 18.1 Å². The molecule has 0 bridgehead atoms. The number of rotatable bonds is 3. The highest BCUT2D eigenvalue weighted by atomic mass is 16.5. The zero-order chi connectivity index (χ0) is 14.9. The molecule has 0 spiro atoms. The van der Waals surface area contributed by atoms with Gasteiger partial charge in [0.1, 0.15) is 5.75 Å². The Morgan fingerprint density at radius 3 is 2.48 bits per heavy atom. The molecule has 1 aromatic heterocycles. The number of fused-ring (bicyclic) bond motifs is 1. The van der Waals surface area contributed by atoms with Crippen LogP contribution in [0.15, 0.2) is 60.8 Å². The van der Waals surface area contributed by atoms with Crippen LogP contribution in [-0.2, 0) is 5.54 Å². The fourth-order valence-corrected chi connectivity index (χ4v) is 2.65. The van der Waals surface area contributed by atoms with Crippen molar-refractivity contribution in [2.45, 2.75) is 12.5 Å². The molecule has 0 aliphatic carbocycles. The van der Waals surface area contributed by atoms with Crippen LogP contribution in [0.25, 0.3) is 10.9 Å². The molecule has 1 heterocycles. The lowest BCUT2D eigenvalue weighted by atomic mass is 9.83. The van der Waals surface area contributed by atoms with Crippen LogP contribution in [0.4, 0.5) is 0 Å². The average molecular weight is 278 g/mol. The number of benzene rings is 2. The number of pyridine rings is 1. The summed E-state index contributed by atoms with van der Waals surface area (Å²) < 4.78 is 5.21. The van der Waals surface area contributed by atoms with E-state index in [0.717, 1.165) is 27.8 Å². The van der Waals surface area contributed by atoms with Gasteiger partial charge < -0.3 is 10.5 Å². The van der Waals surface area contributed by atoms with Gasteiger partial charge in [0.05, 0.1) is 18.2 Å². The Morgan fingerprint density at radius 1 is 1.00 bits per heavy atom. The Morgan fingerprint density at radius 2 is 1.76 bits per heavy atom. The van der Waals surface area contributed by atoms with E-state index in [9.17, 15) is 0 Å². The van der Waals surface area contributed by atoms with E-state index >= 15 is 0 Å². The van der Waals surface area contributed by atoms with Gasteiger partial charge in [-0.2, -0.15) is 0 Å². The van der Waals surface area contributed by atoms with Crippen molar-refractivity contribution < 1.29 is 4.74 Å². The molecule has 3 heteroatoms. The minimum absolute atomic E-state index is 0.588. The Balaban J connectivity index is 2.14. The van der Waals surface area contributed by atoms with Gasteiger partial charge in [0.2, 0.25) is 0 Å². The highest BCUT2D eigenvalue weighted by Gasteiger charge is 2.25. The molecule has 0 aliphatic heterocycles. The maximum atomic E-state index is 6.65. The summed E-state index contributed by atoms with van der Waals surface area (Å²) in [5.41, 5.74) is 9.13. The molecule has 3 nitrogen and oxygen atoms in total. The average Bonchev–Trinajstić information content (AvgIpc) is 2.54. The lowest BCUT2D eigenvalue weighted by Gasteiger charge is -2.27. The minimum Gasteiger partial charge on any atom is -0.497 e. The van der Waals surface area contributed by atoms with Crippen LogP contribution in [0.2, 0.25) is 0 Å². The number of hydrogen-bond acceptors (Lipinski definition) is 3. The summed E-state index contributed by atoms with van der Waals surface area (Å²) in [5, 5.41) is 1.08. The zero-order valence-electron chi connectivity index (χ0n) is 12.2. The van der Waals surface area contributed by atoms with Crippen molar-refractivity contribution in [3.05, 3.63) is 71.9 Å². The third-order valence-corrected chi connectivity index (χ3v) is 3.89. The molecule has 2 N–H and O–H groups in total. The van der Waals surface area contributed by atoms with E-state index in [4.69, 9.17) is 10.5 Å². The molecule has 2 aromatic carbocycles. The number of ether oxygens (including phenoxy) is 1. The van der Waals surface area contributed by atoms with E-state index in [-0.39, 0.29) is 0 Å². The van der Waals surface area contributed by atoms with Gasteiger partial charge in [0.25, 0.3) is 0 Å². The lowest BCUT2D eigenvalue weighted by molar-refractivity contribution is 0.414. The Kier molecular flexibility index (Phi) is 3.35. The van der Waals surface area contributed by atoms with Gasteiger partial charge in [-0.05, 0) is 42.3 Å². The van der Waals surface area contributed by atoms with Gasteiger partial charge in [-0.25, -0.2) is 0 Å². The van der Waals surface area contributed by atoms with Crippen LogP contribution in [0.3, 0.4) is 0 Å². The van der Waals surface area contributed by atoms with Crippen LogP contribution in [-0.4, -0.2) is 12.1 Å². The summed E-state index contributed by atoms with van der Waals surface area (Å²) in [6.07, 6.45) is 1.80. The molecular weight excluding hydrogens is 260 g/mol. The molecule has 0 aliphatic rings. The first-order valence-corrected chi connectivity index (χ1v) is 6.90. The van der Waals surface area contributed by atoms with Crippen LogP contribution < -0.4 is 10.5 Å². The SMILES string of the molecule is COc1ccc(C(C)(N)c2cccc3ncccc23)cc1. The number of nitrogens with zero attached hydrogens (tertiary/aromatic N) is 1. The predicted molar refractivity (Wildman–Crippen MR) is 85.4 cm³/mol. The number of hydrogen-bond donors (Lipinski definition) is 1. The highest BCUT2D eigenvalue weighted by Crippen LogP contribution is 2.32. The normalized spacial score (nSPS) is 13.9. The largest absolute Gasteiger partial charge is 0.497 e. The predicted octanol–water partition coefficient (Wildman–Crippen LogP) is 3.47. The monoisotopic (exact) mass is 278 g/mol. The first kappa shape index (κ1) is 13.6. The Bertz CT molecular complexity index is 758. The first-order chi connectivity index (χ1) is 10.1. The summed E-state index contributed by atoms with van der Waals surface area (Å²) in [4.78, 5) is 4.40. The summed E-state index contributed by atoms with van der Waals surface area (Å²) in [5.74, 6) is 0.828. The van der Waals surface area contributed by atoms with E-state index in [0.29, 0.717) is 0 Å². The van der Waals surface area contributed by atoms with Crippen LogP contribution in [0.5, 0.6) is 5.75 Å². The summed E-state index contributed by atoms with van der Waals surface area (Å²) in [6, 6.07) is 18.0. The molecule has 3 rings (SSSR count). The third-order valence-electron chi connectivity index (χ3n) is 3.89. The molecule has 1 unspecified atom stereocenters. The highest BCUT2D eigenvalue weighted by molar-refractivity contribution is 5.83. The smallest absolute Gasteiger partial charge is 0.118 e. The number of aromatic nitrogens is 1. The van der Waals surface area contributed by atoms with Crippen LogP contribution >= 0.6 is 0 Å². The van der Waals surface area contributed by atoms with Gasteiger partial charge >= 0.3 is 0 Å². The zero-order valence-corrected chi connectivity index (χ0v) is 12.2. The van der Waals surface area contributed by atoms with Crippen molar-refractivity contribution in [1.29, 1.82) is 0 Å². The van der Waals surface area contributed by atoms with E-state index in [1.54, 1.807) is 13.3 Å². The van der Waals surface area contributed by atoms with Crippen LogP contribution in [0, 0.1) is 0 Å². The maximum absolute atomic E-state index is 6.65. The minimum atomic E-state index is -0.588. The standard InChI is InChI=1S/C18H18N2O/c1-18(19,13-8-10-14(21-2)11-9-13)16-6-3-7-17-15(16)5-4-12-20-17/h3-12H,19H2,1-2H3. The second-order valence-corrected chi connectivity index (χ2v) is 5.31. The van der Waals surface area contributed by atoms with Gasteiger partial charge in [-0.1, -0.05) is 30.3 Å². The molecule has 1 atom stereocenters. The first-order valence-electron chi connectivity index (χ1n) is 6.90. The Labute approximate surface area is 124 Å². The summed E-state index contributed by atoms with van der Waals surface area (Å²) in [6.45, 7) is 2.02. The van der Waals surface area contributed by atoms with Gasteiger partial charge in [-0.3, -0.25) is 4.98 Å². The van der Waals surface area contributed by atoms with E-state index in [1.165, 1.54) is 0 Å². The fraction of sp³-hybridized carbons (Fsp3) is 0.167. The molecule has 0 saturated carbocycles. The maximum Gasteiger partial charge on any atom is 0.118 e. The fourth-order valence-electron chi connectivity index (χ4n) is 2.65. The topological polar surface area (TPSA) is 48.1 Å². The Hall–Kier alpha value is -2.39. The van der Waals surface area contributed by atoms with Gasteiger partial charge in [0.15, 0.2) is 0 Å². The molecule has 0 fully saturated rings. The molecule has 0 radical (unpaired) electrons. The summed E-state index contributed by atoms with van der Waals surface area (Å²) >= 11 is 0. The molecule has 0 amide bonds. The second-order valence-electron chi connectivity index (χ2n) is 5.31. The second kappa shape index (κ2) is 5.19. The molecule has 0 saturated heterocycles. The molecular formula is C18H18N2O. The quantitative estimate of drug-likeness (QED) is 0.798. The van der Waals surface area contributed by atoms with Gasteiger partial charge in [-0.15, -0.1) is 0 Å². The van der Waals surface area contributed by atoms with Gasteiger partial charge in [0, 0.05) is 11.6 Å². The number of nitrogens with two attached hydrogens (primary N) is 1. The molecule has 106 valence electrons. The molecule has 3 aromatic rings. The molecule has 21 heavy (non-hydrogen) atoms. The van der Waals surface area contributed by atoms with E-state index in [2.05, 4.69) is 17.1 Å². The van der Waals surface area contributed by atoms with Crippen molar-refractivity contribution in [1.82, 2.24) is 4.98 Å². The van der Waals surface area contributed by atoms with E-state index in [1.807, 2.05) is 49.4 Å². The van der Waals surface area contributed by atoms with Crippen molar-refractivity contribution in [3.8, 4) is 5.75 Å². The van der Waals surface area contributed by atoms with Crippen molar-refractivity contribution in [2.75, 3.05) is 7.11 Å². The number of methoxy groups -OCH3 is 1. The lowest BCUT2D eigenvalue weighted by Crippen LogP contribution is -2.34. The van der Waals surface area contributed by atoms with E-state index < -0.39 is 5.54 Å². The summed E-state index contributed by atoms with van der Waals surface area (Å²) in [7, 11) is 1.66. The third kappa shape index (κ3) is 2.36.